The average molecular weight is 381 g/mol. The van der Waals surface area contributed by atoms with E-state index in [9.17, 15) is 4.79 Å². The van der Waals surface area contributed by atoms with Crippen LogP contribution in [0.1, 0.15) is 31.3 Å². The maximum Gasteiger partial charge on any atom is 0.271 e. The van der Waals surface area contributed by atoms with Gasteiger partial charge in [-0.25, -0.2) is 19.0 Å². The second-order valence-corrected chi connectivity index (χ2v) is 7.46. The number of amides is 1. The maximum atomic E-state index is 15.2. The summed E-state index contributed by atoms with van der Waals surface area (Å²) in [5.74, 6) is -0.676. The molecule has 0 aliphatic carbocycles. The molecule has 0 radical (unpaired) electrons. The van der Waals surface area contributed by atoms with E-state index in [1.165, 1.54) is 17.9 Å². The van der Waals surface area contributed by atoms with Gasteiger partial charge >= 0.3 is 0 Å². The van der Waals surface area contributed by atoms with E-state index in [-0.39, 0.29) is 11.5 Å². The zero-order valence-electron chi connectivity index (χ0n) is 16.0. The van der Waals surface area contributed by atoms with Gasteiger partial charge in [0.05, 0.1) is 11.1 Å². The Labute approximate surface area is 160 Å². The van der Waals surface area contributed by atoms with Gasteiger partial charge < -0.3 is 11.1 Å². The van der Waals surface area contributed by atoms with E-state index in [2.05, 4.69) is 20.4 Å². The summed E-state index contributed by atoms with van der Waals surface area (Å²) in [5.41, 5.74) is 6.59. The lowest BCUT2D eigenvalue weighted by molar-refractivity contribution is 0.0952. The fraction of sp³-hybridized carbons (Fsp3) is 0.263. The topological polar surface area (TPSA) is 104 Å². The molecule has 4 aromatic rings. The summed E-state index contributed by atoms with van der Waals surface area (Å²) in [7, 11) is 1.45. The molecule has 4 rings (SSSR count). The Morgan fingerprint density at radius 2 is 1.93 bits per heavy atom. The van der Waals surface area contributed by atoms with Crippen LogP contribution in [0.3, 0.4) is 0 Å². The number of carbonyl (C=O) groups excluding carboxylic acids is 1. The van der Waals surface area contributed by atoms with Crippen molar-refractivity contribution in [3.63, 3.8) is 0 Å². The lowest BCUT2D eigenvalue weighted by Gasteiger charge is -2.19. The van der Waals surface area contributed by atoms with Crippen molar-refractivity contribution in [2.24, 2.45) is 0 Å². The molecule has 28 heavy (non-hydrogen) atoms. The van der Waals surface area contributed by atoms with Crippen LogP contribution in [-0.4, -0.2) is 37.3 Å². The van der Waals surface area contributed by atoms with Crippen molar-refractivity contribution in [2.75, 3.05) is 12.8 Å². The lowest BCUT2D eigenvalue weighted by Crippen LogP contribution is -2.24. The van der Waals surface area contributed by atoms with E-state index in [1.807, 2.05) is 20.8 Å². The van der Waals surface area contributed by atoms with E-state index in [0.717, 1.165) is 0 Å². The van der Waals surface area contributed by atoms with E-state index < -0.39 is 17.3 Å². The third-order valence-corrected chi connectivity index (χ3v) is 4.58. The predicted molar refractivity (Wildman–Crippen MR) is 105 cm³/mol. The molecule has 3 heterocycles. The molecule has 0 aliphatic rings. The number of carbonyl (C=O) groups is 1. The van der Waals surface area contributed by atoms with E-state index in [0.29, 0.717) is 27.8 Å². The first-order valence-corrected chi connectivity index (χ1v) is 8.76. The third kappa shape index (κ3) is 2.43. The number of aromatic nitrogens is 5. The quantitative estimate of drug-likeness (QED) is 0.555. The van der Waals surface area contributed by atoms with Gasteiger partial charge in [-0.05, 0) is 32.9 Å². The first kappa shape index (κ1) is 17.9. The molecule has 0 atom stereocenters. The van der Waals surface area contributed by atoms with E-state index in [4.69, 9.17) is 5.73 Å². The highest BCUT2D eigenvalue weighted by molar-refractivity contribution is 6.03. The van der Waals surface area contributed by atoms with Gasteiger partial charge in [-0.2, -0.15) is 5.10 Å². The first-order valence-electron chi connectivity index (χ1n) is 8.76. The van der Waals surface area contributed by atoms with Gasteiger partial charge in [0.25, 0.3) is 5.91 Å². The Balaban J connectivity index is 2.21. The van der Waals surface area contributed by atoms with Gasteiger partial charge in [0.2, 0.25) is 0 Å². The molecular formula is C19H20FN7O. The average Bonchev–Trinajstić information content (AvgIpc) is 3.18. The molecule has 0 bridgehead atoms. The van der Waals surface area contributed by atoms with Crippen LogP contribution in [0.2, 0.25) is 0 Å². The molecule has 1 amide bonds. The number of anilines is 1. The van der Waals surface area contributed by atoms with Crippen LogP contribution in [-0.2, 0) is 5.54 Å². The first-order chi connectivity index (χ1) is 13.3. The molecule has 0 aliphatic heterocycles. The van der Waals surface area contributed by atoms with Gasteiger partial charge in [0, 0.05) is 12.4 Å². The number of hydrogen-bond donors (Lipinski definition) is 2. The molecular weight excluding hydrogens is 361 g/mol. The van der Waals surface area contributed by atoms with Crippen molar-refractivity contribution in [2.45, 2.75) is 26.3 Å². The zero-order chi connectivity index (χ0) is 20.2. The van der Waals surface area contributed by atoms with Crippen molar-refractivity contribution < 1.29 is 9.18 Å². The predicted octanol–water partition coefficient (Wildman–Crippen LogP) is 2.61. The highest BCUT2D eigenvalue weighted by Gasteiger charge is 2.29. The molecule has 0 unspecified atom stereocenters. The Kier molecular flexibility index (Phi) is 3.84. The summed E-state index contributed by atoms with van der Waals surface area (Å²) in [5, 5.41) is 7.96. The molecule has 9 heteroatoms. The van der Waals surface area contributed by atoms with Crippen molar-refractivity contribution in [1.82, 2.24) is 29.6 Å². The second-order valence-electron chi connectivity index (χ2n) is 7.46. The number of nitrogens with one attached hydrogen (secondary N) is 1. The monoisotopic (exact) mass is 381 g/mol. The van der Waals surface area contributed by atoms with Crippen molar-refractivity contribution >= 4 is 33.7 Å². The number of nitrogens with zero attached hydrogens (tertiary/aromatic N) is 5. The number of hydrogen-bond acceptors (Lipinski definition) is 5. The third-order valence-electron chi connectivity index (χ3n) is 4.58. The summed E-state index contributed by atoms with van der Waals surface area (Å²) in [6.07, 6.45) is 1.36. The van der Waals surface area contributed by atoms with Gasteiger partial charge in [-0.1, -0.05) is 12.1 Å². The molecule has 8 nitrogen and oxygen atoms in total. The summed E-state index contributed by atoms with van der Waals surface area (Å²) in [4.78, 5) is 21.0. The molecule has 0 saturated carbocycles. The largest absolute Gasteiger partial charge is 0.383 e. The maximum absolute atomic E-state index is 15.2. The van der Waals surface area contributed by atoms with Crippen LogP contribution in [0.5, 0.6) is 0 Å². The molecule has 0 fully saturated rings. The summed E-state index contributed by atoms with van der Waals surface area (Å²) in [6, 6.07) is 6.84. The van der Waals surface area contributed by atoms with Crippen LogP contribution in [0, 0.1) is 5.82 Å². The van der Waals surface area contributed by atoms with Crippen molar-refractivity contribution in [1.29, 1.82) is 0 Å². The zero-order valence-corrected chi connectivity index (χ0v) is 16.0. The molecule has 0 spiro atoms. The van der Waals surface area contributed by atoms with Gasteiger partial charge in [-0.15, -0.1) is 0 Å². The highest BCUT2D eigenvalue weighted by Crippen LogP contribution is 2.34. The number of nitrogens with two attached hydrogens (primary N) is 1. The fourth-order valence-electron chi connectivity index (χ4n) is 3.32. The Bertz CT molecular complexity index is 1230. The minimum absolute atomic E-state index is 0.146. The van der Waals surface area contributed by atoms with Gasteiger partial charge in [0.15, 0.2) is 17.3 Å². The summed E-state index contributed by atoms with van der Waals surface area (Å²) in [6.45, 7) is 5.90. The highest BCUT2D eigenvalue weighted by atomic mass is 19.1. The number of fused-ring (bicyclic) bond motifs is 2. The smallest absolute Gasteiger partial charge is 0.271 e. The Morgan fingerprint density at radius 1 is 1.21 bits per heavy atom. The van der Waals surface area contributed by atoms with E-state index >= 15 is 4.39 Å². The van der Waals surface area contributed by atoms with Crippen LogP contribution in [0.25, 0.3) is 27.8 Å². The summed E-state index contributed by atoms with van der Waals surface area (Å²) < 4.78 is 18.4. The summed E-state index contributed by atoms with van der Waals surface area (Å²) >= 11 is 0. The number of benzene rings is 1. The van der Waals surface area contributed by atoms with Crippen LogP contribution >= 0.6 is 0 Å². The minimum atomic E-state index is -0.621. The number of halogens is 1. The number of rotatable bonds is 2. The number of para-hydroxylation sites is 1. The SMILES string of the molecule is CNC(=O)c1c(F)c2ccccc2n1-c1nn(C(C)(C)C)c2ncnc(N)c12. The molecule has 0 saturated heterocycles. The lowest BCUT2D eigenvalue weighted by atomic mass is 10.1. The molecule has 1 aromatic carbocycles. The van der Waals surface area contributed by atoms with Crippen LogP contribution in [0.4, 0.5) is 10.2 Å². The fourth-order valence-corrected chi connectivity index (χ4v) is 3.32. The van der Waals surface area contributed by atoms with Gasteiger partial charge in [0.1, 0.15) is 23.2 Å². The standard InChI is InChI=1S/C19H20FN7O/c1-19(2,3)27-16-12(15(21)23-9-24-16)17(25-27)26-11-8-6-5-7-10(11)13(20)14(26)18(28)22-4/h5-9H,1-4H3,(H,22,28)(H2,21,23,24). The molecule has 3 N–H and O–H groups in total. The van der Waals surface area contributed by atoms with Crippen molar-refractivity contribution in [3.05, 3.63) is 42.1 Å². The minimum Gasteiger partial charge on any atom is -0.383 e. The second kappa shape index (κ2) is 6.01. The van der Waals surface area contributed by atoms with Gasteiger partial charge in [-0.3, -0.25) is 9.36 Å². The van der Waals surface area contributed by atoms with Crippen LogP contribution < -0.4 is 11.1 Å². The normalized spacial score (nSPS) is 12.0. The van der Waals surface area contributed by atoms with Crippen molar-refractivity contribution in [3.8, 4) is 5.82 Å². The Hall–Kier alpha value is -3.49. The molecule has 3 aromatic heterocycles. The molecule has 144 valence electrons. The van der Waals surface area contributed by atoms with E-state index in [1.54, 1.807) is 28.9 Å². The van der Waals surface area contributed by atoms with Crippen LogP contribution in [0.15, 0.2) is 30.6 Å². The Morgan fingerprint density at radius 3 is 2.61 bits per heavy atom. The number of nitrogen functional groups attached to an aromatic ring is 1.